The van der Waals surface area contributed by atoms with E-state index in [9.17, 15) is 13.2 Å². The smallest absolute Gasteiger partial charge is 0.422 e. The van der Waals surface area contributed by atoms with Crippen molar-refractivity contribution in [1.29, 1.82) is 0 Å². The Morgan fingerprint density at radius 1 is 1.17 bits per heavy atom. The molecule has 0 atom stereocenters. The number of ether oxygens (including phenoxy) is 2. The second-order valence-electron chi connectivity index (χ2n) is 6.33. The summed E-state index contributed by atoms with van der Waals surface area (Å²) < 4.78 is 46.4. The largest absolute Gasteiger partial charge is 0.496 e. The molecule has 0 bridgehead atoms. The van der Waals surface area contributed by atoms with Crippen molar-refractivity contribution in [3.63, 3.8) is 0 Å². The highest BCUT2D eigenvalue weighted by Gasteiger charge is 2.28. The number of guanidine groups is 1. The van der Waals surface area contributed by atoms with Crippen molar-refractivity contribution in [2.45, 2.75) is 26.1 Å². The van der Waals surface area contributed by atoms with E-state index in [1.54, 1.807) is 20.2 Å². The van der Waals surface area contributed by atoms with Gasteiger partial charge < -0.3 is 20.1 Å². The van der Waals surface area contributed by atoms with Gasteiger partial charge in [-0.05, 0) is 30.5 Å². The number of alkyl halides is 3. The average molecular weight is 410 g/mol. The summed E-state index contributed by atoms with van der Waals surface area (Å²) in [6.45, 7) is 1.74. The lowest BCUT2D eigenvalue weighted by Crippen LogP contribution is -2.37. The number of nitrogens with zero attached hydrogens (tertiary/aromatic N) is 2. The number of aromatic nitrogens is 1. The molecule has 9 heteroatoms. The summed E-state index contributed by atoms with van der Waals surface area (Å²) in [7, 11) is 3.31. The Balaban J connectivity index is 1.80. The molecule has 0 saturated heterocycles. The van der Waals surface area contributed by atoms with Crippen LogP contribution in [0.5, 0.6) is 11.6 Å². The maximum Gasteiger partial charge on any atom is 0.422 e. The van der Waals surface area contributed by atoms with Crippen molar-refractivity contribution in [2.24, 2.45) is 4.99 Å². The van der Waals surface area contributed by atoms with Crippen molar-refractivity contribution in [2.75, 3.05) is 27.3 Å². The van der Waals surface area contributed by atoms with Gasteiger partial charge in [0.2, 0.25) is 5.88 Å². The van der Waals surface area contributed by atoms with Crippen molar-refractivity contribution >= 4 is 5.96 Å². The van der Waals surface area contributed by atoms with Gasteiger partial charge in [-0.2, -0.15) is 13.2 Å². The summed E-state index contributed by atoms with van der Waals surface area (Å²) in [5.74, 6) is 1.38. The molecule has 0 unspecified atom stereocenters. The van der Waals surface area contributed by atoms with Gasteiger partial charge in [0.15, 0.2) is 12.6 Å². The molecule has 0 spiro atoms. The van der Waals surface area contributed by atoms with Gasteiger partial charge in [0.05, 0.1) is 7.11 Å². The third kappa shape index (κ3) is 7.89. The monoisotopic (exact) mass is 410 g/mol. The van der Waals surface area contributed by atoms with Gasteiger partial charge in [-0.3, -0.25) is 4.99 Å². The zero-order chi connectivity index (χ0) is 21.3. The quantitative estimate of drug-likeness (QED) is 0.517. The van der Waals surface area contributed by atoms with Crippen LogP contribution in [0.4, 0.5) is 13.2 Å². The second kappa shape index (κ2) is 10.5. The molecular formula is C20H25F3N4O2. The lowest BCUT2D eigenvalue weighted by Gasteiger charge is -2.14. The SMILES string of the molecule is CN=C(NCCc1cc(C)ccc1OC)NCc1ccc(OCC(F)(F)F)nc1. The average Bonchev–Trinajstić information content (AvgIpc) is 2.69. The van der Waals surface area contributed by atoms with E-state index in [1.165, 1.54) is 17.8 Å². The molecule has 1 aromatic carbocycles. The summed E-state index contributed by atoms with van der Waals surface area (Å²) in [4.78, 5) is 8.04. The highest BCUT2D eigenvalue weighted by molar-refractivity contribution is 5.79. The van der Waals surface area contributed by atoms with Crippen LogP contribution >= 0.6 is 0 Å². The van der Waals surface area contributed by atoms with Crippen LogP contribution in [0, 0.1) is 6.92 Å². The maximum atomic E-state index is 12.2. The molecule has 2 rings (SSSR count). The Labute approximate surface area is 168 Å². The zero-order valence-electron chi connectivity index (χ0n) is 16.6. The first-order chi connectivity index (χ1) is 13.8. The molecule has 6 nitrogen and oxygen atoms in total. The normalized spacial score (nSPS) is 11.9. The first-order valence-electron chi connectivity index (χ1n) is 9.03. The predicted molar refractivity (Wildman–Crippen MR) is 105 cm³/mol. The molecule has 0 amide bonds. The van der Waals surface area contributed by atoms with E-state index in [-0.39, 0.29) is 5.88 Å². The topological polar surface area (TPSA) is 67.8 Å². The van der Waals surface area contributed by atoms with Gasteiger partial charge in [0.1, 0.15) is 5.75 Å². The van der Waals surface area contributed by atoms with E-state index in [1.807, 2.05) is 19.1 Å². The zero-order valence-corrected chi connectivity index (χ0v) is 16.6. The summed E-state index contributed by atoms with van der Waals surface area (Å²) in [6, 6.07) is 9.10. The molecule has 0 radical (unpaired) electrons. The van der Waals surface area contributed by atoms with E-state index in [0.717, 1.165) is 23.3 Å². The molecular weight excluding hydrogens is 385 g/mol. The number of halogens is 3. The first kappa shape index (κ1) is 22.3. The molecule has 0 aliphatic rings. The number of pyridine rings is 1. The van der Waals surface area contributed by atoms with E-state index in [4.69, 9.17) is 4.74 Å². The third-order valence-electron chi connectivity index (χ3n) is 3.99. The Kier molecular flexibility index (Phi) is 8.11. The van der Waals surface area contributed by atoms with E-state index in [2.05, 4.69) is 31.4 Å². The fourth-order valence-electron chi connectivity index (χ4n) is 2.58. The third-order valence-corrected chi connectivity index (χ3v) is 3.99. The molecule has 0 saturated carbocycles. The lowest BCUT2D eigenvalue weighted by molar-refractivity contribution is -0.154. The van der Waals surface area contributed by atoms with Gasteiger partial charge in [-0.25, -0.2) is 4.98 Å². The van der Waals surface area contributed by atoms with Crippen molar-refractivity contribution in [3.05, 3.63) is 53.2 Å². The number of benzene rings is 1. The Bertz CT molecular complexity index is 808. The van der Waals surface area contributed by atoms with Crippen molar-refractivity contribution in [3.8, 4) is 11.6 Å². The highest BCUT2D eigenvalue weighted by atomic mass is 19.4. The van der Waals surface area contributed by atoms with Gasteiger partial charge in [0, 0.05) is 32.4 Å². The molecule has 2 aromatic rings. The Morgan fingerprint density at radius 3 is 2.59 bits per heavy atom. The Morgan fingerprint density at radius 2 is 1.97 bits per heavy atom. The summed E-state index contributed by atoms with van der Waals surface area (Å²) in [5.41, 5.74) is 3.06. The highest BCUT2D eigenvalue weighted by Crippen LogP contribution is 2.20. The number of hydrogen-bond acceptors (Lipinski definition) is 4. The minimum absolute atomic E-state index is 0.0688. The maximum absolute atomic E-state index is 12.2. The van der Waals surface area contributed by atoms with Crippen molar-refractivity contribution < 1.29 is 22.6 Å². The van der Waals surface area contributed by atoms with Crippen LogP contribution in [0.1, 0.15) is 16.7 Å². The van der Waals surface area contributed by atoms with Gasteiger partial charge >= 0.3 is 6.18 Å². The molecule has 1 aromatic heterocycles. The van der Waals surface area contributed by atoms with Crippen LogP contribution in [-0.2, 0) is 13.0 Å². The van der Waals surface area contributed by atoms with Crippen LogP contribution in [0.2, 0.25) is 0 Å². The minimum atomic E-state index is -4.39. The van der Waals surface area contributed by atoms with Crippen LogP contribution in [0.3, 0.4) is 0 Å². The number of hydrogen-bond donors (Lipinski definition) is 2. The van der Waals surface area contributed by atoms with Crippen LogP contribution in [-0.4, -0.2) is 44.4 Å². The fraction of sp³-hybridized carbons (Fsp3) is 0.400. The number of rotatable bonds is 8. The van der Waals surface area contributed by atoms with Crippen LogP contribution in [0.25, 0.3) is 0 Å². The minimum Gasteiger partial charge on any atom is -0.496 e. The van der Waals surface area contributed by atoms with Crippen molar-refractivity contribution in [1.82, 2.24) is 15.6 Å². The summed E-state index contributed by atoms with van der Waals surface area (Å²) >= 11 is 0. The van der Waals surface area contributed by atoms with E-state index >= 15 is 0 Å². The molecule has 2 N–H and O–H groups in total. The fourth-order valence-corrected chi connectivity index (χ4v) is 2.58. The van der Waals surface area contributed by atoms with Crippen LogP contribution < -0.4 is 20.1 Å². The standard InChI is InChI=1S/C20H25F3N4O2/c1-14-4-6-17(28-3)16(10-14)8-9-25-19(24-2)27-12-15-5-7-18(26-11-15)29-13-20(21,22)23/h4-7,10-11H,8-9,12-13H2,1-3H3,(H2,24,25,27). The van der Waals surface area contributed by atoms with Gasteiger partial charge in [-0.15, -0.1) is 0 Å². The Hall–Kier alpha value is -2.97. The molecule has 0 aliphatic heterocycles. The number of aryl methyl sites for hydroxylation is 1. The summed E-state index contributed by atoms with van der Waals surface area (Å²) in [6.07, 6.45) is -2.16. The summed E-state index contributed by atoms with van der Waals surface area (Å²) in [5, 5.41) is 6.35. The molecule has 29 heavy (non-hydrogen) atoms. The number of aliphatic imine (C=N–C) groups is 1. The van der Waals surface area contributed by atoms with E-state index < -0.39 is 12.8 Å². The van der Waals surface area contributed by atoms with Gasteiger partial charge in [-0.1, -0.05) is 23.8 Å². The van der Waals surface area contributed by atoms with Crippen LogP contribution in [0.15, 0.2) is 41.5 Å². The van der Waals surface area contributed by atoms with E-state index in [0.29, 0.717) is 19.0 Å². The first-order valence-corrected chi connectivity index (χ1v) is 9.03. The lowest BCUT2D eigenvalue weighted by atomic mass is 10.1. The second-order valence-corrected chi connectivity index (χ2v) is 6.33. The molecule has 158 valence electrons. The number of methoxy groups -OCH3 is 1. The molecule has 0 fully saturated rings. The molecule has 1 heterocycles. The van der Waals surface area contributed by atoms with Gasteiger partial charge in [0.25, 0.3) is 0 Å². The number of nitrogens with one attached hydrogen (secondary N) is 2. The predicted octanol–water partition coefficient (Wildman–Crippen LogP) is 3.25. The molecule has 0 aliphatic carbocycles.